The first-order chi connectivity index (χ1) is 10.5. The fourth-order valence-electron chi connectivity index (χ4n) is 2.03. The highest BCUT2D eigenvalue weighted by Gasteiger charge is 2.10. The maximum Gasteiger partial charge on any atom is 0.225 e. The Kier molecular flexibility index (Phi) is 6.18. The second-order valence-electron chi connectivity index (χ2n) is 5.01. The molecule has 1 amide bonds. The van der Waals surface area contributed by atoms with Crippen molar-refractivity contribution >= 4 is 46.6 Å². The molecule has 2 aromatic rings. The number of amides is 1. The topological polar surface area (TPSA) is 29.1 Å². The molecule has 5 heteroatoms. The molecule has 0 saturated carbocycles. The molecule has 1 N–H and O–H groups in total. The van der Waals surface area contributed by atoms with Crippen LogP contribution in [0.15, 0.2) is 41.3 Å². The Morgan fingerprint density at radius 2 is 1.82 bits per heavy atom. The van der Waals surface area contributed by atoms with Crippen molar-refractivity contribution < 1.29 is 4.79 Å². The number of rotatable bonds is 5. The average Bonchev–Trinajstić information content (AvgIpc) is 2.45. The summed E-state index contributed by atoms with van der Waals surface area (Å²) in [5.74, 6) is 0.616. The molecule has 2 nitrogen and oxygen atoms in total. The van der Waals surface area contributed by atoms with E-state index in [-0.39, 0.29) is 5.91 Å². The number of nitrogens with one attached hydrogen (secondary N) is 1. The molecular weight excluding hydrogens is 337 g/mol. The summed E-state index contributed by atoms with van der Waals surface area (Å²) in [6, 6.07) is 11.5. The number of carbonyl (C=O) groups excluding carboxylic acids is 1. The first kappa shape index (κ1) is 17.2. The highest BCUT2D eigenvalue weighted by atomic mass is 35.5. The summed E-state index contributed by atoms with van der Waals surface area (Å²) in [6.45, 7) is 4.15. The van der Waals surface area contributed by atoms with Crippen LogP contribution < -0.4 is 5.32 Å². The molecule has 2 aromatic carbocycles. The second-order valence-corrected chi connectivity index (χ2v) is 6.96. The van der Waals surface area contributed by atoms with Crippen LogP contribution in [0.25, 0.3) is 0 Å². The summed E-state index contributed by atoms with van der Waals surface area (Å²) < 4.78 is 0. The minimum absolute atomic E-state index is 0.0905. The third-order valence-corrected chi connectivity index (χ3v) is 4.95. The van der Waals surface area contributed by atoms with Crippen LogP contribution in [0.4, 0.5) is 5.69 Å². The maximum absolute atomic E-state index is 12.0. The smallest absolute Gasteiger partial charge is 0.225 e. The Morgan fingerprint density at radius 1 is 1.14 bits per heavy atom. The van der Waals surface area contributed by atoms with Gasteiger partial charge >= 0.3 is 0 Å². The van der Waals surface area contributed by atoms with E-state index in [1.807, 2.05) is 0 Å². The van der Waals surface area contributed by atoms with Gasteiger partial charge in [0.15, 0.2) is 0 Å². The lowest BCUT2D eigenvalue weighted by atomic mass is 10.2. The minimum Gasteiger partial charge on any atom is -0.324 e. The van der Waals surface area contributed by atoms with Crippen molar-refractivity contribution in [3.8, 4) is 0 Å². The van der Waals surface area contributed by atoms with Crippen molar-refractivity contribution in [3.63, 3.8) is 0 Å². The lowest BCUT2D eigenvalue weighted by Gasteiger charge is -2.09. The van der Waals surface area contributed by atoms with E-state index in [9.17, 15) is 4.79 Å². The van der Waals surface area contributed by atoms with Crippen molar-refractivity contribution in [1.82, 2.24) is 0 Å². The van der Waals surface area contributed by atoms with Gasteiger partial charge in [0.2, 0.25) is 5.91 Å². The Balaban J connectivity index is 1.88. The van der Waals surface area contributed by atoms with Crippen LogP contribution in [0, 0.1) is 13.8 Å². The van der Waals surface area contributed by atoms with Crippen LogP contribution in [-0.4, -0.2) is 11.7 Å². The van der Waals surface area contributed by atoms with Crippen molar-refractivity contribution in [3.05, 3.63) is 57.6 Å². The number of thioether (sulfide) groups is 1. The van der Waals surface area contributed by atoms with Crippen LogP contribution in [0.2, 0.25) is 10.0 Å². The van der Waals surface area contributed by atoms with Crippen molar-refractivity contribution in [2.75, 3.05) is 11.1 Å². The molecule has 0 fully saturated rings. The zero-order valence-corrected chi connectivity index (χ0v) is 14.8. The molecule has 0 saturated heterocycles. The van der Waals surface area contributed by atoms with Crippen LogP contribution in [0.1, 0.15) is 17.5 Å². The predicted molar refractivity (Wildman–Crippen MR) is 96.3 cm³/mol. The van der Waals surface area contributed by atoms with E-state index in [4.69, 9.17) is 23.2 Å². The standard InChI is InChI=1S/C17H17Cl2NOS/c1-11-6-7-15(12(2)10-11)22-9-8-16(21)20-17-13(18)4-3-5-14(17)19/h3-7,10H,8-9H2,1-2H3,(H,20,21). The van der Waals surface area contributed by atoms with E-state index in [2.05, 4.69) is 37.4 Å². The molecule has 0 aliphatic carbocycles. The van der Waals surface area contributed by atoms with Gasteiger partial charge in [0, 0.05) is 17.1 Å². The van der Waals surface area contributed by atoms with E-state index >= 15 is 0 Å². The average molecular weight is 354 g/mol. The number of anilines is 1. The van der Waals surface area contributed by atoms with E-state index in [0.717, 1.165) is 0 Å². The molecule has 0 atom stereocenters. The first-order valence-corrected chi connectivity index (χ1v) is 8.65. The quantitative estimate of drug-likeness (QED) is 0.695. The number of aryl methyl sites for hydroxylation is 2. The van der Waals surface area contributed by atoms with E-state index in [1.54, 1.807) is 30.0 Å². The molecule has 22 heavy (non-hydrogen) atoms. The van der Waals surface area contributed by atoms with Gasteiger partial charge < -0.3 is 5.32 Å². The molecule has 0 aliphatic rings. The van der Waals surface area contributed by atoms with Gasteiger partial charge in [-0.05, 0) is 37.6 Å². The Labute approximate surface area is 145 Å². The van der Waals surface area contributed by atoms with E-state index < -0.39 is 0 Å². The minimum atomic E-state index is -0.0905. The van der Waals surface area contributed by atoms with Crippen LogP contribution >= 0.6 is 35.0 Å². The number of carbonyl (C=O) groups is 1. The molecule has 0 aromatic heterocycles. The van der Waals surface area contributed by atoms with Crippen molar-refractivity contribution in [2.24, 2.45) is 0 Å². The molecule has 0 aliphatic heterocycles. The number of hydrogen-bond donors (Lipinski definition) is 1. The zero-order chi connectivity index (χ0) is 16.1. The third kappa shape index (κ3) is 4.67. The van der Waals surface area contributed by atoms with Gasteiger partial charge in [0.05, 0.1) is 15.7 Å². The lowest BCUT2D eigenvalue weighted by Crippen LogP contribution is -2.12. The summed E-state index contributed by atoms with van der Waals surface area (Å²) in [7, 11) is 0. The van der Waals surface area contributed by atoms with Gasteiger partial charge in [0.25, 0.3) is 0 Å². The van der Waals surface area contributed by atoms with Gasteiger partial charge in [-0.3, -0.25) is 4.79 Å². The monoisotopic (exact) mass is 353 g/mol. The summed E-state index contributed by atoms with van der Waals surface area (Å²) in [4.78, 5) is 13.2. The Bertz CT molecular complexity index is 668. The summed E-state index contributed by atoms with van der Waals surface area (Å²) in [5.41, 5.74) is 2.96. The van der Waals surface area contributed by atoms with Crippen molar-refractivity contribution in [1.29, 1.82) is 0 Å². The van der Waals surface area contributed by atoms with Gasteiger partial charge in [-0.25, -0.2) is 0 Å². The number of benzene rings is 2. The first-order valence-electron chi connectivity index (χ1n) is 6.91. The summed E-state index contributed by atoms with van der Waals surface area (Å²) in [6.07, 6.45) is 0.402. The zero-order valence-electron chi connectivity index (χ0n) is 12.5. The van der Waals surface area contributed by atoms with Gasteiger partial charge in [-0.2, -0.15) is 0 Å². The molecule has 0 unspecified atom stereocenters. The number of halogens is 2. The Morgan fingerprint density at radius 3 is 2.45 bits per heavy atom. The maximum atomic E-state index is 12.0. The second kappa shape index (κ2) is 7.91. The largest absolute Gasteiger partial charge is 0.324 e. The van der Waals surface area contributed by atoms with Gasteiger partial charge in [0.1, 0.15) is 0 Å². The van der Waals surface area contributed by atoms with E-state index in [1.165, 1.54) is 16.0 Å². The molecule has 0 spiro atoms. The lowest BCUT2D eigenvalue weighted by molar-refractivity contribution is -0.115. The van der Waals surface area contributed by atoms with Crippen LogP contribution in [0.5, 0.6) is 0 Å². The molecule has 2 rings (SSSR count). The third-order valence-electron chi connectivity index (χ3n) is 3.14. The van der Waals surface area contributed by atoms with Crippen molar-refractivity contribution in [2.45, 2.75) is 25.2 Å². The number of hydrogen-bond acceptors (Lipinski definition) is 2. The van der Waals surface area contributed by atoms with Crippen LogP contribution in [0.3, 0.4) is 0 Å². The fourth-order valence-corrected chi connectivity index (χ4v) is 3.48. The SMILES string of the molecule is Cc1ccc(SCCC(=O)Nc2c(Cl)cccc2Cl)c(C)c1. The molecular formula is C17H17Cl2NOS. The summed E-state index contributed by atoms with van der Waals surface area (Å²) >= 11 is 13.7. The highest BCUT2D eigenvalue weighted by molar-refractivity contribution is 7.99. The van der Waals surface area contributed by atoms with Gasteiger partial charge in [-0.1, -0.05) is 47.0 Å². The number of para-hydroxylation sites is 1. The highest BCUT2D eigenvalue weighted by Crippen LogP contribution is 2.30. The predicted octanol–water partition coefficient (Wildman–Crippen LogP) is 5.73. The molecule has 0 bridgehead atoms. The van der Waals surface area contributed by atoms with Gasteiger partial charge in [-0.15, -0.1) is 11.8 Å². The molecule has 116 valence electrons. The molecule has 0 radical (unpaired) electrons. The van der Waals surface area contributed by atoms with Crippen LogP contribution in [-0.2, 0) is 4.79 Å². The van der Waals surface area contributed by atoms with E-state index in [0.29, 0.717) is 27.9 Å². The molecule has 0 heterocycles. The summed E-state index contributed by atoms with van der Waals surface area (Å²) in [5, 5.41) is 3.67. The fraction of sp³-hybridized carbons (Fsp3) is 0.235. The normalized spacial score (nSPS) is 10.5. The Hall–Kier alpha value is -1.16.